The van der Waals surface area contributed by atoms with Crippen molar-refractivity contribution >= 4 is 22.9 Å². The van der Waals surface area contributed by atoms with Crippen LogP contribution in [0, 0.1) is 5.41 Å². The fraction of sp³-hybridized carbons (Fsp3) is 0.500. The third kappa shape index (κ3) is 4.87. The molecule has 8 heteroatoms. The van der Waals surface area contributed by atoms with E-state index in [0.717, 1.165) is 55.1 Å². The van der Waals surface area contributed by atoms with Gasteiger partial charge in [-0.1, -0.05) is 18.2 Å². The summed E-state index contributed by atoms with van der Waals surface area (Å²) in [6, 6.07) is 14.0. The number of nitrogens with zero attached hydrogens (tertiary/aromatic N) is 4. The summed E-state index contributed by atoms with van der Waals surface area (Å²) in [5.74, 6) is 1.59. The van der Waals surface area contributed by atoms with E-state index in [1.54, 1.807) is 6.33 Å². The zero-order valence-electron chi connectivity index (χ0n) is 20.2. The van der Waals surface area contributed by atoms with Gasteiger partial charge in [-0.05, 0) is 69.7 Å². The summed E-state index contributed by atoms with van der Waals surface area (Å²) in [4.78, 5) is 24.2. The van der Waals surface area contributed by atoms with Crippen LogP contribution in [-0.2, 0) is 9.47 Å². The first kappa shape index (κ1) is 22.7. The molecule has 1 amide bonds. The third-order valence-corrected chi connectivity index (χ3v) is 6.64. The summed E-state index contributed by atoms with van der Waals surface area (Å²) in [6.07, 6.45) is 4.41. The van der Waals surface area contributed by atoms with Crippen molar-refractivity contribution < 1.29 is 14.3 Å². The molecule has 180 valence electrons. The number of para-hydroxylation sites is 2. The number of likely N-dealkylation sites (tertiary alicyclic amines) is 1. The van der Waals surface area contributed by atoms with E-state index < -0.39 is 5.60 Å². The Balaban J connectivity index is 1.38. The summed E-state index contributed by atoms with van der Waals surface area (Å²) >= 11 is 0. The highest BCUT2D eigenvalue weighted by molar-refractivity contribution is 5.76. The number of pyridine rings is 1. The maximum Gasteiger partial charge on any atom is 0.410 e. The number of hydrogen-bond donors (Lipinski definition) is 1. The molecule has 2 fully saturated rings. The van der Waals surface area contributed by atoms with Gasteiger partial charge in [0.1, 0.15) is 23.6 Å². The molecule has 1 atom stereocenters. The Morgan fingerprint density at radius 3 is 2.74 bits per heavy atom. The van der Waals surface area contributed by atoms with Crippen molar-refractivity contribution in [2.24, 2.45) is 5.41 Å². The standard InChI is InChI=1S/C26H33N5O3/c1-25(2,3)34-24(32)30-16-19(15-26(17-30)11-13-33-14-12-26)28-22-9-6-10-23(29-22)31-18-27-20-7-4-5-8-21(20)31/h4-10,18-19H,11-17H2,1-3H3,(H,28,29)/t19-/m0/s1. The maximum atomic E-state index is 13.0. The van der Waals surface area contributed by atoms with Gasteiger partial charge < -0.3 is 19.7 Å². The molecule has 4 heterocycles. The van der Waals surface area contributed by atoms with Crippen LogP contribution in [0.4, 0.5) is 10.6 Å². The Labute approximate surface area is 200 Å². The number of carbonyl (C=O) groups excluding carboxylic acids is 1. The number of amides is 1. The topological polar surface area (TPSA) is 81.5 Å². The Morgan fingerprint density at radius 1 is 1.15 bits per heavy atom. The molecule has 1 N–H and O–H groups in total. The molecule has 2 saturated heterocycles. The van der Waals surface area contributed by atoms with Crippen LogP contribution in [0.15, 0.2) is 48.8 Å². The van der Waals surface area contributed by atoms with Gasteiger partial charge in [0.2, 0.25) is 0 Å². The van der Waals surface area contributed by atoms with Gasteiger partial charge >= 0.3 is 6.09 Å². The number of aromatic nitrogens is 3. The highest BCUT2D eigenvalue weighted by Gasteiger charge is 2.43. The number of imidazole rings is 1. The zero-order valence-corrected chi connectivity index (χ0v) is 20.2. The number of fused-ring (bicyclic) bond motifs is 1. The fourth-order valence-corrected chi connectivity index (χ4v) is 5.10. The number of hydrogen-bond acceptors (Lipinski definition) is 6. The lowest BCUT2D eigenvalue weighted by Gasteiger charge is -2.48. The Morgan fingerprint density at radius 2 is 1.94 bits per heavy atom. The molecule has 1 spiro atoms. The molecule has 0 radical (unpaired) electrons. The first-order valence-corrected chi connectivity index (χ1v) is 12.0. The van der Waals surface area contributed by atoms with E-state index in [1.807, 2.05) is 72.7 Å². The molecule has 5 rings (SSSR count). The van der Waals surface area contributed by atoms with Gasteiger partial charge in [-0.2, -0.15) is 0 Å². The summed E-state index contributed by atoms with van der Waals surface area (Å²) in [7, 11) is 0. The van der Waals surface area contributed by atoms with Crippen LogP contribution in [0.5, 0.6) is 0 Å². The molecular formula is C26H33N5O3. The first-order valence-electron chi connectivity index (χ1n) is 12.0. The number of piperidine rings is 1. The van der Waals surface area contributed by atoms with Crippen molar-refractivity contribution in [1.29, 1.82) is 0 Å². The number of nitrogens with one attached hydrogen (secondary N) is 1. The highest BCUT2D eigenvalue weighted by atomic mass is 16.6. The van der Waals surface area contributed by atoms with Gasteiger partial charge in [0, 0.05) is 32.3 Å². The van der Waals surface area contributed by atoms with Crippen molar-refractivity contribution in [3.8, 4) is 5.82 Å². The summed E-state index contributed by atoms with van der Waals surface area (Å²) in [6.45, 7) is 8.47. The lowest BCUT2D eigenvalue weighted by molar-refractivity contribution is -0.0405. The van der Waals surface area contributed by atoms with Crippen LogP contribution in [-0.4, -0.2) is 63.5 Å². The number of benzene rings is 1. The van der Waals surface area contributed by atoms with Crippen molar-refractivity contribution in [3.63, 3.8) is 0 Å². The Kier molecular flexibility index (Phi) is 5.93. The van der Waals surface area contributed by atoms with E-state index in [2.05, 4.69) is 10.3 Å². The van der Waals surface area contributed by atoms with E-state index in [-0.39, 0.29) is 17.6 Å². The summed E-state index contributed by atoms with van der Waals surface area (Å²) in [5, 5.41) is 3.62. The minimum absolute atomic E-state index is 0.0310. The molecule has 8 nitrogen and oxygen atoms in total. The number of rotatable bonds is 3. The lowest BCUT2D eigenvalue weighted by Crippen LogP contribution is -2.56. The maximum absolute atomic E-state index is 13.0. The summed E-state index contributed by atoms with van der Waals surface area (Å²) in [5.41, 5.74) is 1.46. The van der Waals surface area contributed by atoms with E-state index >= 15 is 0 Å². The predicted octanol–water partition coefficient (Wildman–Crippen LogP) is 4.64. The van der Waals surface area contributed by atoms with E-state index in [9.17, 15) is 4.79 Å². The predicted molar refractivity (Wildman–Crippen MR) is 131 cm³/mol. The minimum atomic E-state index is -0.524. The SMILES string of the molecule is CC(C)(C)OC(=O)N1C[C@@H](Nc2cccc(-n3cnc4ccccc43)n2)CC2(CCOCC2)C1. The van der Waals surface area contributed by atoms with Crippen LogP contribution in [0.3, 0.4) is 0 Å². The zero-order chi connectivity index (χ0) is 23.8. The lowest BCUT2D eigenvalue weighted by atomic mass is 9.72. The summed E-state index contributed by atoms with van der Waals surface area (Å²) < 4.78 is 13.4. The molecule has 1 aromatic carbocycles. The molecule has 0 unspecified atom stereocenters. The third-order valence-electron chi connectivity index (χ3n) is 6.64. The van der Waals surface area contributed by atoms with Crippen LogP contribution in [0.25, 0.3) is 16.9 Å². The van der Waals surface area contributed by atoms with Gasteiger partial charge in [0.05, 0.1) is 11.0 Å². The van der Waals surface area contributed by atoms with E-state index in [4.69, 9.17) is 14.5 Å². The van der Waals surface area contributed by atoms with E-state index in [1.165, 1.54) is 0 Å². The molecule has 0 bridgehead atoms. The number of ether oxygens (including phenoxy) is 2. The van der Waals surface area contributed by atoms with Gasteiger partial charge in [-0.3, -0.25) is 4.57 Å². The van der Waals surface area contributed by atoms with Gasteiger partial charge in [0.15, 0.2) is 0 Å². The van der Waals surface area contributed by atoms with Crippen molar-refractivity contribution in [2.75, 3.05) is 31.6 Å². The molecule has 0 aliphatic carbocycles. The smallest absolute Gasteiger partial charge is 0.410 e. The quantitative estimate of drug-likeness (QED) is 0.610. The van der Waals surface area contributed by atoms with E-state index in [0.29, 0.717) is 13.1 Å². The first-order chi connectivity index (χ1) is 16.3. The molecule has 2 aliphatic rings. The monoisotopic (exact) mass is 463 g/mol. The van der Waals surface area contributed by atoms with Crippen molar-refractivity contribution in [3.05, 3.63) is 48.8 Å². The Bertz CT molecular complexity index is 1160. The second-order valence-electron chi connectivity index (χ2n) is 10.5. The molecule has 34 heavy (non-hydrogen) atoms. The Hall–Kier alpha value is -3.13. The van der Waals surface area contributed by atoms with Gasteiger partial charge in [0.25, 0.3) is 0 Å². The molecular weight excluding hydrogens is 430 g/mol. The normalized spacial score (nSPS) is 20.4. The number of carbonyl (C=O) groups is 1. The van der Waals surface area contributed by atoms with Crippen LogP contribution in [0.2, 0.25) is 0 Å². The largest absolute Gasteiger partial charge is 0.444 e. The molecule has 0 saturated carbocycles. The second kappa shape index (κ2) is 8.91. The number of anilines is 1. The minimum Gasteiger partial charge on any atom is -0.444 e. The van der Waals surface area contributed by atoms with Gasteiger partial charge in [-0.15, -0.1) is 0 Å². The second-order valence-corrected chi connectivity index (χ2v) is 10.5. The average Bonchev–Trinajstić information content (AvgIpc) is 3.23. The van der Waals surface area contributed by atoms with Crippen LogP contribution >= 0.6 is 0 Å². The average molecular weight is 464 g/mol. The van der Waals surface area contributed by atoms with Gasteiger partial charge in [-0.25, -0.2) is 14.8 Å². The molecule has 2 aromatic heterocycles. The van der Waals surface area contributed by atoms with Crippen molar-refractivity contribution in [2.45, 2.75) is 51.7 Å². The fourth-order valence-electron chi connectivity index (χ4n) is 5.10. The van der Waals surface area contributed by atoms with Crippen LogP contribution in [0.1, 0.15) is 40.0 Å². The molecule has 3 aromatic rings. The van der Waals surface area contributed by atoms with Crippen molar-refractivity contribution in [1.82, 2.24) is 19.4 Å². The highest BCUT2D eigenvalue weighted by Crippen LogP contribution is 2.40. The van der Waals surface area contributed by atoms with Crippen LogP contribution < -0.4 is 5.32 Å². The molecule has 2 aliphatic heterocycles.